The van der Waals surface area contributed by atoms with Gasteiger partial charge in [0.05, 0.1) is 18.0 Å². The van der Waals surface area contributed by atoms with Crippen molar-refractivity contribution in [2.45, 2.75) is 38.8 Å². The van der Waals surface area contributed by atoms with Crippen molar-refractivity contribution in [3.05, 3.63) is 23.5 Å². The molecule has 1 fully saturated rings. The van der Waals surface area contributed by atoms with E-state index < -0.39 is 11.0 Å². The van der Waals surface area contributed by atoms with E-state index >= 15 is 0 Å². The molecule has 2 unspecified atom stereocenters. The van der Waals surface area contributed by atoms with Gasteiger partial charge in [0.1, 0.15) is 10.7 Å². The first-order valence-corrected chi connectivity index (χ1v) is 7.02. The molecule has 1 heterocycles. The highest BCUT2D eigenvalue weighted by molar-refractivity contribution is 6.29. The summed E-state index contributed by atoms with van der Waals surface area (Å²) in [4.78, 5) is 16.3. The number of rotatable bonds is 4. The second-order valence-electron chi connectivity index (χ2n) is 5.66. The van der Waals surface area contributed by atoms with Crippen molar-refractivity contribution in [3.63, 3.8) is 0 Å². The molecule has 2 rings (SSSR count). The smallest absolute Gasteiger partial charge is 0.245 e. The number of nitrogens with one attached hydrogen (secondary N) is 1. The highest BCUT2D eigenvalue weighted by Crippen LogP contribution is 2.50. The fourth-order valence-electron chi connectivity index (χ4n) is 2.51. The molecule has 1 aliphatic rings. The summed E-state index contributed by atoms with van der Waals surface area (Å²) >= 11 is 5.71. The zero-order valence-electron chi connectivity index (χ0n) is 11.9. The molecule has 1 aromatic heterocycles. The van der Waals surface area contributed by atoms with Gasteiger partial charge < -0.3 is 15.8 Å². The van der Waals surface area contributed by atoms with Crippen LogP contribution < -0.4 is 11.1 Å². The number of halogens is 1. The van der Waals surface area contributed by atoms with Crippen LogP contribution in [0.15, 0.2) is 18.3 Å². The minimum absolute atomic E-state index is 0.00610. The summed E-state index contributed by atoms with van der Waals surface area (Å²) in [5, 5.41) is 3.17. The lowest BCUT2D eigenvalue weighted by molar-refractivity contribution is -0.166. The number of ether oxygens (including phenoxy) is 1. The first kappa shape index (κ1) is 15.2. The second kappa shape index (κ2) is 5.31. The topological polar surface area (TPSA) is 77.2 Å². The predicted octanol–water partition coefficient (Wildman–Crippen LogP) is 2.21. The van der Waals surface area contributed by atoms with Gasteiger partial charge in [-0.25, -0.2) is 4.98 Å². The summed E-state index contributed by atoms with van der Waals surface area (Å²) < 4.78 is 5.61. The molecule has 1 saturated carbocycles. The predicted molar refractivity (Wildman–Crippen MR) is 78.6 cm³/mol. The molecule has 1 aromatic rings. The Hall–Kier alpha value is -1.17. The zero-order chi connectivity index (χ0) is 15.0. The Bertz CT molecular complexity index is 504. The normalized spacial score (nSPS) is 27.8. The Morgan fingerprint density at radius 1 is 1.60 bits per heavy atom. The van der Waals surface area contributed by atoms with Gasteiger partial charge in [-0.3, -0.25) is 4.79 Å². The lowest BCUT2D eigenvalue weighted by atomic mass is 9.54. The fourth-order valence-corrected chi connectivity index (χ4v) is 2.62. The minimum atomic E-state index is -0.938. The van der Waals surface area contributed by atoms with Crippen LogP contribution >= 0.6 is 11.6 Å². The maximum Gasteiger partial charge on any atom is 0.245 e. The molecular weight excluding hydrogens is 278 g/mol. The maximum atomic E-state index is 12.4. The number of hydrogen-bond acceptors (Lipinski definition) is 4. The van der Waals surface area contributed by atoms with E-state index in [0.29, 0.717) is 23.9 Å². The molecule has 0 bridgehead atoms. The van der Waals surface area contributed by atoms with Gasteiger partial charge >= 0.3 is 0 Å². The third kappa shape index (κ3) is 2.41. The fraction of sp³-hybridized carbons (Fsp3) is 0.571. The second-order valence-corrected chi connectivity index (χ2v) is 6.05. The largest absolute Gasteiger partial charge is 0.378 e. The van der Waals surface area contributed by atoms with Crippen LogP contribution in [0.5, 0.6) is 0 Å². The van der Waals surface area contributed by atoms with Crippen LogP contribution in [-0.4, -0.2) is 29.1 Å². The molecule has 1 aliphatic carbocycles. The van der Waals surface area contributed by atoms with Gasteiger partial charge in [0.2, 0.25) is 5.91 Å². The Kier molecular flexibility index (Phi) is 4.04. The lowest BCUT2D eigenvalue weighted by Gasteiger charge is -2.57. The molecule has 0 aliphatic heterocycles. The number of pyridine rings is 1. The molecule has 1 amide bonds. The van der Waals surface area contributed by atoms with E-state index in [2.05, 4.69) is 10.3 Å². The summed E-state index contributed by atoms with van der Waals surface area (Å²) in [7, 11) is 0. The molecule has 2 atom stereocenters. The highest BCUT2D eigenvalue weighted by Gasteiger charge is 2.62. The number of amides is 1. The number of anilines is 1. The quantitative estimate of drug-likeness (QED) is 0.835. The van der Waals surface area contributed by atoms with Crippen molar-refractivity contribution < 1.29 is 9.53 Å². The van der Waals surface area contributed by atoms with Gasteiger partial charge in [-0.2, -0.15) is 0 Å². The SMILES string of the molecule is CCOC1CC(N)(C(=O)Nc2ccc(Cl)nc2)C1(C)C. The van der Waals surface area contributed by atoms with Crippen LogP contribution in [0.1, 0.15) is 27.2 Å². The summed E-state index contributed by atoms with van der Waals surface area (Å²) in [6.45, 7) is 6.46. The van der Waals surface area contributed by atoms with Gasteiger partial charge in [-0.15, -0.1) is 0 Å². The first-order chi connectivity index (χ1) is 9.31. The summed E-state index contributed by atoms with van der Waals surface area (Å²) in [5.41, 5.74) is 5.52. The maximum absolute atomic E-state index is 12.4. The molecule has 3 N–H and O–H groups in total. The number of nitrogens with zero attached hydrogens (tertiary/aromatic N) is 1. The van der Waals surface area contributed by atoms with E-state index in [1.54, 1.807) is 12.1 Å². The highest BCUT2D eigenvalue weighted by atomic mass is 35.5. The summed E-state index contributed by atoms with van der Waals surface area (Å²) in [6.07, 6.45) is 2.03. The Morgan fingerprint density at radius 2 is 2.30 bits per heavy atom. The molecule has 20 heavy (non-hydrogen) atoms. The van der Waals surface area contributed by atoms with Crippen molar-refractivity contribution >= 4 is 23.2 Å². The average molecular weight is 298 g/mol. The van der Waals surface area contributed by atoms with Crippen molar-refractivity contribution in [1.29, 1.82) is 0 Å². The van der Waals surface area contributed by atoms with Gasteiger partial charge in [0.15, 0.2) is 0 Å². The van der Waals surface area contributed by atoms with Crippen LogP contribution in [0, 0.1) is 5.41 Å². The van der Waals surface area contributed by atoms with E-state index in [-0.39, 0.29) is 12.0 Å². The van der Waals surface area contributed by atoms with E-state index in [1.807, 2.05) is 20.8 Å². The number of carbonyl (C=O) groups excluding carboxylic acids is 1. The van der Waals surface area contributed by atoms with Crippen LogP contribution in [0.3, 0.4) is 0 Å². The molecular formula is C14H20ClN3O2. The van der Waals surface area contributed by atoms with Gasteiger partial charge in [0.25, 0.3) is 0 Å². The van der Waals surface area contributed by atoms with Crippen LogP contribution in [-0.2, 0) is 9.53 Å². The van der Waals surface area contributed by atoms with Crippen LogP contribution in [0.4, 0.5) is 5.69 Å². The molecule has 0 spiro atoms. The van der Waals surface area contributed by atoms with E-state index in [0.717, 1.165) is 0 Å². The van der Waals surface area contributed by atoms with Crippen molar-refractivity contribution in [2.24, 2.45) is 11.1 Å². The van der Waals surface area contributed by atoms with E-state index in [9.17, 15) is 4.79 Å². The number of nitrogens with two attached hydrogens (primary N) is 1. The third-order valence-electron chi connectivity index (χ3n) is 4.22. The molecule has 6 heteroatoms. The standard InChI is InChI=1S/C14H20ClN3O2/c1-4-20-10-7-14(16,13(10,2)3)12(19)18-9-5-6-11(15)17-8-9/h5-6,8,10H,4,7,16H2,1-3H3,(H,18,19). The van der Waals surface area contributed by atoms with Gasteiger partial charge in [-0.1, -0.05) is 25.4 Å². The monoisotopic (exact) mass is 297 g/mol. The Balaban J connectivity index is 2.08. The minimum Gasteiger partial charge on any atom is -0.378 e. The molecule has 0 aromatic carbocycles. The number of carbonyl (C=O) groups is 1. The first-order valence-electron chi connectivity index (χ1n) is 6.64. The van der Waals surface area contributed by atoms with Crippen LogP contribution in [0.25, 0.3) is 0 Å². The number of aromatic nitrogens is 1. The summed E-state index contributed by atoms with van der Waals surface area (Å²) in [6, 6.07) is 3.32. The van der Waals surface area contributed by atoms with Crippen molar-refractivity contribution in [3.8, 4) is 0 Å². The number of hydrogen-bond donors (Lipinski definition) is 2. The van der Waals surface area contributed by atoms with E-state index in [1.165, 1.54) is 6.20 Å². The lowest BCUT2D eigenvalue weighted by Crippen LogP contribution is -2.74. The molecule has 0 saturated heterocycles. The summed E-state index contributed by atoms with van der Waals surface area (Å²) in [5.74, 6) is -0.220. The average Bonchev–Trinajstić information content (AvgIpc) is 2.40. The van der Waals surface area contributed by atoms with Crippen LogP contribution in [0.2, 0.25) is 5.15 Å². The van der Waals surface area contributed by atoms with Gasteiger partial charge in [0, 0.05) is 18.4 Å². The molecule has 110 valence electrons. The van der Waals surface area contributed by atoms with Gasteiger partial charge in [-0.05, 0) is 19.1 Å². The van der Waals surface area contributed by atoms with Crippen molar-refractivity contribution in [2.75, 3.05) is 11.9 Å². The zero-order valence-corrected chi connectivity index (χ0v) is 12.7. The van der Waals surface area contributed by atoms with E-state index in [4.69, 9.17) is 22.1 Å². The third-order valence-corrected chi connectivity index (χ3v) is 4.44. The Labute approximate surface area is 123 Å². The Morgan fingerprint density at radius 3 is 2.80 bits per heavy atom. The molecule has 5 nitrogen and oxygen atoms in total. The van der Waals surface area contributed by atoms with Crippen molar-refractivity contribution in [1.82, 2.24) is 4.98 Å². The molecule has 0 radical (unpaired) electrons.